The molecule has 0 unspecified atom stereocenters. The van der Waals surface area contributed by atoms with E-state index in [1.54, 1.807) is 37.4 Å². The molecule has 2 rings (SSSR count). The molecular weight excluding hydrogens is 408 g/mol. The van der Waals surface area contributed by atoms with E-state index in [0.717, 1.165) is 0 Å². The van der Waals surface area contributed by atoms with E-state index in [-0.39, 0.29) is 36.0 Å². The Hall–Kier alpha value is -3.40. The van der Waals surface area contributed by atoms with Crippen LogP contribution < -0.4 is 11.1 Å². The van der Waals surface area contributed by atoms with Gasteiger partial charge in [0, 0.05) is 42.4 Å². The van der Waals surface area contributed by atoms with Gasteiger partial charge in [-0.25, -0.2) is 0 Å². The van der Waals surface area contributed by atoms with Gasteiger partial charge in [-0.1, -0.05) is 0 Å². The molecule has 0 saturated heterocycles. The molecule has 0 atom stereocenters. The number of benzene rings is 2. The SMILES string of the molecule is CCN(CCC(=O)Nc1ccc(C(N)=O)cc1)C(=O)c1ccc(SC)c([N+](=O)[O-])c1. The lowest BCUT2D eigenvalue weighted by atomic mass is 10.1. The molecule has 158 valence electrons. The lowest BCUT2D eigenvalue weighted by Crippen LogP contribution is -2.33. The van der Waals surface area contributed by atoms with Gasteiger partial charge in [0.15, 0.2) is 0 Å². The zero-order valence-electron chi connectivity index (χ0n) is 16.6. The molecule has 0 fully saturated rings. The molecule has 0 saturated carbocycles. The molecule has 3 N–H and O–H groups in total. The number of nitrogens with zero attached hydrogens (tertiary/aromatic N) is 2. The Kier molecular flexibility index (Phi) is 7.93. The van der Waals surface area contributed by atoms with Crippen LogP contribution in [-0.2, 0) is 4.79 Å². The zero-order valence-corrected chi connectivity index (χ0v) is 17.4. The molecule has 0 aliphatic carbocycles. The highest BCUT2D eigenvalue weighted by Crippen LogP contribution is 2.28. The van der Waals surface area contributed by atoms with E-state index in [2.05, 4.69) is 5.32 Å². The Morgan fingerprint density at radius 2 is 1.77 bits per heavy atom. The van der Waals surface area contributed by atoms with E-state index in [0.29, 0.717) is 22.7 Å². The molecule has 2 aromatic carbocycles. The second-order valence-electron chi connectivity index (χ2n) is 6.27. The van der Waals surface area contributed by atoms with Crippen LogP contribution in [0.5, 0.6) is 0 Å². The Balaban J connectivity index is 2.01. The third-order valence-corrected chi connectivity index (χ3v) is 5.14. The maximum Gasteiger partial charge on any atom is 0.283 e. The second-order valence-corrected chi connectivity index (χ2v) is 7.12. The van der Waals surface area contributed by atoms with Gasteiger partial charge in [-0.3, -0.25) is 24.5 Å². The molecule has 3 amide bonds. The van der Waals surface area contributed by atoms with Gasteiger partial charge in [-0.05, 0) is 49.6 Å². The van der Waals surface area contributed by atoms with Crippen LogP contribution in [-0.4, -0.2) is 46.9 Å². The van der Waals surface area contributed by atoms with Crippen molar-refractivity contribution in [1.29, 1.82) is 0 Å². The van der Waals surface area contributed by atoms with Crippen molar-refractivity contribution >= 4 is 40.9 Å². The van der Waals surface area contributed by atoms with Crippen LogP contribution in [0.2, 0.25) is 0 Å². The van der Waals surface area contributed by atoms with Crippen molar-refractivity contribution < 1.29 is 19.3 Å². The van der Waals surface area contributed by atoms with Crippen molar-refractivity contribution in [2.45, 2.75) is 18.2 Å². The smallest absolute Gasteiger partial charge is 0.283 e. The molecular formula is C20H22N4O5S. The highest BCUT2D eigenvalue weighted by Gasteiger charge is 2.20. The largest absolute Gasteiger partial charge is 0.366 e. The minimum Gasteiger partial charge on any atom is -0.366 e. The summed E-state index contributed by atoms with van der Waals surface area (Å²) in [6.45, 7) is 2.26. The summed E-state index contributed by atoms with van der Waals surface area (Å²) in [4.78, 5) is 48.7. The fourth-order valence-corrected chi connectivity index (χ4v) is 3.28. The molecule has 0 aliphatic rings. The number of hydrogen-bond acceptors (Lipinski definition) is 6. The average molecular weight is 430 g/mol. The second kappa shape index (κ2) is 10.4. The third kappa shape index (κ3) is 5.80. The summed E-state index contributed by atoms with van der Waals surface area (Å²) in [5.41, 5.74) is 6.09. The summed E-state index contributed by atoms with van der Waals surface area (Å²) >= 11 is 1.23. The Morgan fingerprint density at radius 1 is 1.13 bits per heavy atom. The number of amides is 3. The van der Waals surface area contributed by atoms with E-state index in [4.69, 9.17) is 5.73 Å². The maximum atomic E-state index is 12.7. The first-order chi connectivity index (χ1) is 14.3. The van der Waals surface area contributed by atoms with Gasteiger partial charge >= 0.3 is 0 Å². The predicted octanol–water partition coefficient (Wildman–Crippen LogP) is 2.91. The van der Waals surface area contributed by atoms with Crippen LogP contribution in [0, 0.1) is 10.1 Å². The normalized spacial score (nSPS) is 10.3. The summed E-state index contributed by atoms with van der Waals surface area (Å²) < 4.78 is 0. The van der Waals surface area contributed by atoms with Crippen LogP contribution in [0.1, 0.15) is 34.1 Å². The van der Waals surface area contributed by atoms with Crippen molar-refractivity contribution in [3.63, 3.8) is 0 Å². The van der Waals surface area contributed by atoms with Gasteiger partial charge in [0.1, 0.15) is 0 Å². The standard InChI is InChI=1S/C20H22N4O5S/c1-3-23(20(27)14-6-9-17(30-2)16(12-14)24(28)29)11-10-18(25)22-15-7-4-13(5-8-15)19(21)26/h4-9,12H,3,10-11H2,1-2H3,(H2,21,26)(H,22,25). The number of nitro groups is 1. The first kappa shape index (κ1) is 22.9. The van der Waals surface area contributed by atoms with Crippen molar-refractivity contribution in [2.24, 2.45) is 5.73 Å². The fourth-order valence-electron chi connectivity index (χ4n) is 2.73. The first-order valence-corrected chi connectivity index (χ1v) is 10.3. The molecule has 10 heteroatoms. The number of hydrogen-bond donors (Lipinski definition) is 2. The number of nitrogens with two attached hydrogens (primary N) is 1. The van der Waals surface area contributed by atoms with E-state index in [1.165, 1.54) is 34.9 Å². The van der Waals surface area contributed by atoms with Crippen molar-refractivity contribution in [3.8, 4) is 0 Å². The van der Waals surface area contributed by atoms with Gasteiger partial charge in [0.2, 0.25) is 11.8 Å². The van der Waals surface area contributed by atoms with Gasteiger partial charge in [-0.2, -0.15) is 0 Å². The summed E-state index contributed by atoms with van der Waals surface area (Å²) in [7, 11) is 0. The molecule has 2 aromatic rings. The highest BCUT2D eigenvalue weighted by atomic mass is 32.2. The predicted molar refractivity (Wildman–Crippen MR) is 115 cm³/mol. The highest BCUT2D eigenvalue weighted by molar-refractivity contribution is 7.98. The molecule has 0 heterocycles. The average Bonchev–Trinajstić information content (AvgIpc) is 2.73. The lowest BCUT2D eigenvalue weighted by Gasteiger charge is -2.21. The Morgan fingerprint density at radius 3 is 2.30 bits per heavy atom. The summed E-state index contributed by atoms with van der Waals surface area (Å²) in [6.07, 6.45) is 1.77. The van der Waals surface area contributed by atoms with Gasteiger partial charge < -0.3 is 16.0 Å². The minimum absolute atomic E-state index is 0.0438. The molecule has 0 aliphatic heterocycles. The number of nitrogens with one attached hydrogen (secondary N) is 1. The van der Waals surface area contributed by atoms with Gasteiger partial charge in [-0.15, -0.1) is 11.8 Å². The van der Waals surface area contributed by atoms with Crippen LogP contribution in [0.15, 0.2) is 47.4 Å². The molecule has 0 bridgehead atoms. The van der Waals surface area contributed by atoms with Crippen LogP contribution >= 0.6 is 11.8 Å². The number of nitro benzene ring substituents is 1. The fraction of sp³-hybridized carbons (Fsp3) is 0.250. The Bertz CT molecular complexity index is 962. The quantitative estimate of drug-likeness (QED) is 0.357. The number of carbonyl (C=O) groups excluding carboxylic acids is 3. The molecule has 0 radical (unpaired) electrons. The van der Waals surface area contributed by atoms with Crippen LogP contribution in [0.4, 0.5) is 11.4 Å². The van der Waals surface area contributed by atoms with E-state index >= 15 is 0 Å². The number of carbonyl (C=O) groups is 3. The molecule has 0 aromatic heterocycles. The van der Waals surface area contributed by atoms with Gasteiger partial charge in [0.05, 0.1) is 9.82 Å². The molecule has 0 spiro atoms. The third-order valence-electron chi connectivity index (χ3n) is 4.35. The number of rotatable bonds is 9. The van der Waals surface area contributed by atoms with Gasteiger partial charge in [0.25, 0.3) is 11.6 Å². The van der Waals surface area contributed by atoms with E-state index in [1.807, 2.05) is 0 Å². The van der Waals surface area contributed by atoms with Crippen LogP contribution in [0.25, 0.3) is 0 Å². The minimum atomic E-state index is -0.559. The van der Waals surface area contributed by atoms with E-state index < -0.39 is 10.8 Å². The topological polar surface area (TPSA) is 136 Å². The summed E-state index contributed by atoms with van der Waals surface area (Å²) in [5.74, 6) is -1.25. The lowest BCUT2D eigenvalue weighted by molar-refractivity contribution is -0.387. The monoisotopic (exact) mass is 430 g/mol. The van der Waals surface area contributed by atoms with Crippen LogP contribution in [0.3, 0.4) is 0 Å². The van der Waals surface area contributed by atoms with Crippen molar-refractivity contribution in [3.05, 3.63) is 63.7 Å². The molecule has 9 nitrogen and oxygen atoms in total. The van der Waals surface area contributed by atoms with Crippen molar-refractivity contribution in [1.82, 2.24) is 4.90 Å². The van der Waals surface area contributed by atoms with E-state index in [9.17, 15) is 24.5 Å². The number of primary amides is 1. The zero-order chi connectivity index (χ0) is 22.3. The summed E-state index contributed by atoms with van der Waals surface area (Å²) in [5, 5.41) is 13.9. The molecule has 30 heavy (non-hydrogen) atoms. The maximum absolute atomic E-state index is 12.7. The summed E-state index contributed by atoms with van der Waals surface area (Å²) in [6, 6.07) is 10.5. The number of anilines is 1. The van der Waals surface area contributed by atoms with Crippen molar-refractivity contribution in [2.75, 3.05) is 24.7 Å². The Labute approximate surface area is 177 Å². The first-order valence-electron chi connectivity index (χ1n) is 9.08. The number of thioether (sulfide) groups is 1.